The van der Waals surface area contributed by atoms with E-state index in [1.807, 2.05) is 36.4 Å². The van der Waals surface area contributed by atoms with Crippen LogP contribution in [-0.2, 0) is 4.79 Å². The average Bonchev–Trinajstić information content (AvgIpc) is 2.72. The van der Waals surface area contributed by atoms with Crippen molar-refractivity contribution in [1.82, 2.24) is 5.43 Å². The Morgan fingerprint density at radius 1 is 0.964 bits per heavy atom. The van der Waals surface area contributed by atoms with Crippen molar-refractivity contribution in [2.75, 3.05) is 12.4 Å². The third kappa shape index (κ3) is 4.94. The Morgan fingerprint density at radius 2 is 1.68 bits per heavy atom. The minimum atomic E-state index is -0.319. The number of carbonyl (C=O) groups excluding carboxylic acids is 2. The molecule has 3 aromatic rings. The Balaban J connectivity index is 1.56. The molecule has 0 fully saturated rings. The van der Waals surface area contributed by atoms with E-state index in [0.29, 0.717) is 22.7 Å². The second-order valence-electron chi connectivity index (χ2n) is 6.30. The molecule has 28 heavy (non-hydrogen) atoms. The number of fused-ring (bicyclic) bond motifs is 1. The van der Waals surface area contributed by atoms with Crippen LogP contribution in [0.3, 0.4) is 0 Å². The zero-order chi connectivity index (χ0) is 19.9. The van der Waals surface area contributed by atoms with Crippen LogP contribution in [0, 0.1) is 0 Å². The molecule has 0 spiro atoms. The molecule has 0 aliphatic carbocycles. The molecule has 6 nitrogen and oxygen atoms in total. The van der Waals surface area contributed by atoms with Crippen molar-refractivity contribution in [2.45, 2.75) is 13.3 Å². The molecule has 6 heteroatoms. The molecule has 142 valence electrons. The highest BCUT2D eigenvalue weighted by Crippen LogP contribution is 2.16. The van der Waals surface area contributed by atoms with Gasteiger partial charge in [-0.15, -0.1) is 0 Å². The number of ether oxygens (including phenoxy) is 1. The summed E-state index contributed by atoms with van der Waals surface area (Å²) >= 11 is 0. The second kappa shape index (κ2) is 8.81. The summed E-state index contributed by atoms with van der Waals surface area (Å²) in [6.07, 6.45) is 0.0734. The zero-order valence-corrected chi connectivity index (χ0v) is 15.7. The van der Waals surface area contributed by atoms with Gasteiger partial charge in [-0.25, -0.2) is 5.43 Å². The topological polar surface area (TPSA) is 79.8 Å². The Bertz CT molecular complexity index is 1030. The highest BCUT2D eigenvalue weighted by Gasteiger charge is 2.08. The number of benzene rings is 3. The van der Waals surface area contributed by atoms with Gasteiger partial charge < -0.3 is 10.1 Å². The van der Waals surface area contributed by atoms with E-state index in [1.54, 1.807) is 44.4 Å². The maximum atomic E-state index is 12.3. The van der Waals surface area contributed by atoms with E-state index in [9.17, 15) is 9.59 Å². The van der Waals surface area contributed by atoms with Crippen LogP contribution in [0.5, 0.6) is 5.75 Å². The third-order valence-corrected chi connectivity index (χ3v) is 4.15. The van der Waals surface area contributed by atoms with Gasteiger partial charge in [0.2, 0.25) is 5.91 Å². The summed E-state index contributed by atoms with van der Waals surface area (Å²) in [6.45, 7) is 1.69. The van der Waals surface area contributed by atoms with Gasteiger partial charge in [-0.2, -0.15) is 5.10 Å². The molecule has 0 unspecified atom stereocenters. The first kappa shape index (κ1) is 19.1. The van der Waals surface area contributed by atoms with E-state index in [-0.39, 0.29) is 18.2 Å². The largest absolute Gasteiger partial charge is 0.497 e. The minimum absolute atomic E-state index is 0.0734. The summed E-state index contributed by atoms with van der Waals surface area (Å²) in [5.41, 5.74) is 4.18. The first-order chi connectivity index (χ1) is 13.5. The Kier molecular flexibility index (Phi) is 6.01. The third-order valence-electron chi connectivity index (χ3n) is 4.15. The molecule has 0 bridgehead atoms. The smallest absolute Gasteiger partial charge is 0.271 e. The van der Waals surface area contributed by atoms with E-state index in [2.05, 4.69) is 15.8 Å². The molecule has 2 N–H and O–H groups in total. The van der Waals surface area contributed by atoms with Crippen LogP contribution in [0.15, 0.2) is 71.8 Å². The van der Waals surface area contributed by atoms with Gasteiger partial charge in [0.25, 0.3) is 5.91 Å². The lowest BCUT2D eigenvalue weighted by Gasteiger charge is -2.07. The number of hydrogen-bond donors (Lipinski definition) is 2. The molecule has 0 heterocycles. The quantitative estimate of drug-likeness (QED) is 0.505. The highest BCUT2D eigenvalue weighted by atomic mass is 16.5. The number of hydrogen-bond acceptors (Lipinski definition) is 4. The number of anilines is 1. The number of rotatable bonds is 6. The van der Waals surface area contributed by atoms with Crippen LogP contribution in [0.1, 0.15) is 23.7 Å². The molecule has 0 saturated heterocycles. The Labute approximate surface area is 163 Å². The summed E-state index contributed by atoms with van der Waals surface area (Å²) in [5.74, 6) is 0.180. The molecule has 0 aliphatic rings. The van der Waals surface area contributed by atoms with Crippen LogP contribution < -0.4 is 15.5 Å². The lowest BCUT2D eigenvalue weighted by Crippen LogP contribution is -2.21. The van der Waals surface area contributed by atoms with Crippen LogP contribution >= 0.6 is 0 Å². The van der Waals surface area contributed by atoms with Crippen molar-refractivity contribution < 1.29 is 14.3 Å². The number of amides is 2. The van der Waals surface area contributed by atoms with Crippen LogP contribution in [0.25, 0.3) is 10.8 Å². The summed E-state index contributed by atoms with van der Waals surface area (Å²) in [7, 11) is 1.58. The van der Waals surface area contributed by atoms with Gasteiger partial charge in [0, 0.05) is 17.0 Å². The molecule has 3 aromatic carbocycles. The van der Waals surface area contributed by atoms with Crippen LogP contribution in [-0.4, -0.2) is 24.6 Å². The van der Waals surface area contributed by atoms with Crippen LogP contribution in [0.2, 0.25) is 0 Å². The van der Waals surface area contributed by atoms with Gasteiger partial charge in [0.05, 0.1) is 13.5 Å². The minimum Gasteiger partial charge on any atom is -0.497 e. The maximum Gasteiger partial charge on any atom is 0.271 e. The van der Waals surface area contributed by atoms with Crippen LogP contribution in [0.4, 0.5) is 5.69 Å². The molecule has 2 amide bonds. The van der Waals surface area contributed by atoms with Gasteiger partial charge in [-0.1, -0.05) is 30.3 Å². The molecule has 0 radical (unpaired) electrons. The number of hydrazone groups is 1. The standard InChI is InChI=1S/C22H21N3O3/c1-15(13-21(26)23-19-9-11-20(28-2)12-10-19)24-25-22(27)18-8-7-16-5-3-4-6-17(16)14-18/h3-12,14H,13H2,1-2H3,(H,23,26)(H,25,27). The maximum absolute atomic E-state index is 12.3. The number of nitrogens with one attached hydrogen (secondary N) is 2. The molecule has 0 saturated carbocycles. The lowest BCUT2D eigenvalue weighted by molar-refractivity contribution is -0.115. The van der Waals surface area contributed by atoms with Crippen molar-refractivity contribution in [3.63, 3.8) is 0 Å². The molecular weight excluding hydrogens is 354 g/mol. The summed E-state index contributed by atoms with van der Waals surface area (Å²) in [4.78, 5) is 24.4. The van der Waals surface area contributed by atoms with Crippen molar-refractivity contribution in [3.05, 3.63) is 72.3 Å². The van der Waals surface area contributed by atoms with Crippen molar-refractivity contribution >= 4 is 34.0 Å². The predicted molar refractivity (Wildman–Crippen MR) is 111 cm³/mol. The summed E-state index contributed by atoms with van der Waals surface area (Å²) in [5, 5.41) is 8.85. The van der Waals surface area contributed by atoms with Gasteiger partial charge in [0.15, 0.2) is 0 Å². The molecule has 0 atom stereocenters. The highest BCUT2D eigenvalue weighted by molar-refractivity contribution is 6.06. The number of methoxy groups -OCH3 is 1. The molecular formula is C22H21N3O3. The fourth-order valence-electron chi connectivity index (χ4n) is 2.69. The van der Waals surface area contributed by atoms with E-state index in [1.165, 1.54) is 0 Å². The molecule has 0 aromatic heterocycles. The van der Waals surface area contributed by atoms with Crippen molar-refractivity contribution in [1.29, 1.82) is 0 Å². The fraction of sp³-hybridized carbons (Fsp3) is 0.136. The normalized spacial score (nSPS) is 11.1. The summed E-state index contributed by atoms with van der Waals surface area (Å²) in [6, 6.07) is 20.3. The van der Waals surface area contributed by atoms with Crippen molar-refractivity contribution in [2.24, 2.45) is 5.10 Å². The van der Waals surface area contributed by atoms with E-state index in [0.717, 1.165) is 10.8 Å². The second-order valence-corrected chi connectivity index (χ2v) is 6.30. The summed E-state index contributed by atoms with van der Waals surface area (Å²) < 4.78 is 5.08. The fourth-order valence-corrected chi connectivity index (χ4v) is 2.69. The van der Waals surface area contributed by atoms with Crippen molar-refractivity contribution in [3.8, 4) is 5.75 Å². The SMILES string of the molecule is COc1ccc(NC(=O)CC(C)=NNC(=O)c2ccc3ccccc3c2)cc1. The first-order valence-corrected chi connectivity index (χ1v) is 8.81. The predicted octanol–water partition coefficient (Wildman–Crippen LogP) is 3.98. The van der Waals surface area contributed by atoms with Gasteiger partial charge in [-0.05, 0) is 54.1 Å². The average molecular weight is 375 g/mol. The van der Waals surface area contributed by atoms with E-state index in [4.69, 9.17) is 4.74 Å². The Morgan fingerprint density at radius 3 is 2.39 bits per heavy atom. The monoisotopic (exact) mass is 375 g/mol. The molecule has 0 aliphatic heterocycles. The number of nitrogens with zero attached hydrogens (tertiary/aromatic N) is 1. The van der Waals surface area contributed by atoms with E-state index < -0.39 is 0 Å². The van der Waals surface area contributed by atoms with Gasteiger partial charge in [0.1, 0.15) is 5.75 Å². The molecule has 3 rings (SSSR count). The lowest BCUT2D eigenvalue weighted by atomic mass is 10.1. The first-order valence-electron chi connectivity index (χ1n) is 8.81. The van der Waals surface area contributed by atoms with Gasteiger partial charge >= 0.3 is 0 Å². The van der Waals surface area contributed by atoms with E-state index >= 15 is 0 Å². The Hall–Kier alpha value is -3.67. The number of carbonyl (C=O) groups is 2. The van der Waals surface area contributed by atoms with Gasteiger partial charge in [-0.3, -0.25) is 9.59 Å². The zero-order valence-electron chi connectivity index (χ0n) is 15.7.